The van der Waals surface area contributed by atoms with Gasteiger partial charge in [-0.25, -0.2) is 0 Å². The van der Waals surface area contributed by atoms with Crippen LogP contribution in [0.15, 0.2) is 12.1 Å². The van der Waals surface area contributed by atoms with Crippen LogP contribution in [0.3, 0.4) is 0 Å². The third-order valence-electron chi connectivity index (χ3n) is 2.24. The van der Waals surface area contributed by atoms with E-state index in [-0.39, 0.29) is 0 Å². The van der Waals surface area contributed by atoms with Crippen LogP contribution in [0.2, 0.25) is 0 Å². The average molecular weight is 178 g/mol. The van der Waals surface area contributed by atoms with Crippen LogP contribution in [0.5, 0.6) is 0 Å². The smallest absolute Gasteiger partial charge is 0.0606 e. The molecule has 72 valence electrons. The van der Waals surface area contributed by atoms with E-state index < -0.39 is 0 Å². The summed E-state index contributed by atoms with van der Waals surface area (Å²) < 4.78 is 0. The molecule has 0 aliphatic rings. The molecule has 2 heteroatoms. The summed E-state index contributed by atoms with van der Waals surface area (Å²) in [4.78, 5) is 4.40. The summed E-state index contributed by atoms with van der Waals surface area (Å²) in [6, 6.07) is 4.66. The summed E-state index contributed by atoms with van der Waals surface area (Å²) in [5.41, 5.74) is 3.31. The number of nitrogens with zero attached hydrogens (tertiary/aromatic N) is 1. The molecule has 0 saturated heterocycles. The predicted octanol–water partition coefficient (Wildman–Crippen LogP) is 2.91. The van der Waals surface area contributed by atoms with Crippen molar-refractivity contribution in [2.45, 2.75) is 40.2 Å². The first kappa shape index (κ1) is 10.0. The highest BCUT2D eigenvalue weighted by molar-refractivity contribution is 5.48. The first-order chi connectivity index (χ1) is 6.13. The fourth-order valence-corrected chi connectivity index (χ4v) is 1.21. The number of rotatable bonds is 3. The van der Waals surface area contributed by atoms with E-state index in [4.69, 9.17) is 0 Å². The third-order valence-corrected chi connectivity index (χ3v) is 2.24. The van der Waals surface area contributed by atoms with E-state index in [1.54, 1.807) is 0 Å². The van der Waals surface area contributed by atoms with Crippen molar-refractivity contribution in [3.63, 3.8) is 0 Å². The Morgan fingerprint density at radius 1 is 1.38 bits per heavy atom. The molecule has 1 N–H and O–H groups in total. The maximum Gasteiger partial charge on any atom is 0.0606 e. The van der Waals surface area contributed by atoms with Crippen LogP contribution >= 0.6 is 0 Å². The van der Waals surface area contributed by atoms with Crippen LogP contribution in [0, 0.1) is 13.8 Å². The second-order valence-corrected chi connectivity index (χ2v) is 3.54. The van der Waals surface area contributed by atoms with Gasteiger partial charge in [-0.15, -0.1) is 0 Å². The lowest BCUT2D eigenvalue weighted by molar-refractivity contribution is 0.761. The van der Waals surface area contributed by atoms with E-state index in [0.717, 1.165) is 23.5 Å². The molecule has 1 rings (SSSR count). The van der Waals surface area contributed by atoms with Gasteiger partial charge in [-0.1, -0.05) is 6.92 Å². The monoisotopic (exact) mass is 178 g/mol. The van der Waals surface area contributed by atoms with E-state index in [2.05, 4.69) is 30.2 Å². The van der Waals surface area contributed by atoms with Gasteiger partial charge in [0.15, 0.2) is 0 Å². The molecule has 0 saturated carbocycles. The maximum atomic E-state index is 4.40. The van der Waals surface area contributed by atoms with Gasteiger partial charge in [-0.05, 0) is 39.3 Å². The van der Waals surface area contributed by atoms with Gasteiger partial charge < -0.3 is 5.32 Å². The van der Waals surface area contributed by atoms with Crippen LogP contribution in [-0.2, 0) is 0 Å². The van der Waals surface area contributed by atoms with Gasteiger partial charge in [-0.2, -0.15) is 0 Å². The Labute approximate surface area is 80.4 Å². The molecule has 1 heterocycles. The molecule has 1 aromatic heterocycles. The van der Waals surface area contributed by atoms with Crippen LogP contribution in [-0.4, -0.2) is 11.0 Å². The maximum absolute atomic E-state index is 4.40. The summed E-state index contributed by atoms with van der Waals surface area (Å²) in [6.07, 6.45) is 1.13. The Balaban J connectivity index is 2.77. The van der Waals surface area contributed by atoms with Crippen molar-refractivity contribution in [3.8, 4) is 0 Å². The van der Waals surface area contributed by atoms with Gasteiger partial charge in [0.25, 0.3) is 0 Å². The fraction of sp³-hybridized carbons (Fsp3) is 0.545. The number of aromatic nitrogens is 1. The normalized spacial score (nSPS) is 12.6. The number of aryl methyl sites for hydroxylation is 2. The van der Waals surface area contributed by atoms with Crippen molar-refractivity contribution < 1.29 is 0 Å². The third kappa shape index (κ3) is 2.72. The van der Waals surface area contributed by atoms with Gasteiger partial charge in [0.1, 0.15) is 0 Å². The predicted molar refractivity (Wildman–Crippen MR) is 57.1 cm³/mol. The number of hydrogen-bond acceptors (Lipinski definition) is 2. The molecule has 0 spiro atoms. The molecule has 0 amide bonds. The molecule has 1 unspecified atom stereocenters. The van der Waals surface area contributed by atoms with Crippen molar-refractivity contribution in [2.75, 3.05) is 5.32 Å². The molecule has 1 atom stereocenters. The van der Waals surface area contributed by atoms with E-state index >= 15 is 0 Å². The molecule has 0 fully saturated rings. The van der Waals surface area contributed by atoms with Gasteiger partial charge >= 0.3 is 0 Å². The highest BCUT2D eigenvalue weighted by atomic mass is 14.9. The lowest BCUT2D eigenvalue weighted by Gasteiger charge is -2.14. The topological polar surface area (TPSA) is 24.9 Å². The summed E-state index contributed by atoms with van der Waals surface area (Å²) in [7, 11) is 0. The standard InChI is InChI=1S/C11H18N2/c1-5-8(2)13-11-7-6-9(3)12-10(11)4/h6-8,13H,5H2,1-4H3. The van der Waals surface area contributed by atoms with Crippen molar-refractivity contribution in [2.24, 2.45) is 0 Å². The number of pyridine rings is 1. The van der Waals surface area contributed by atoms with E-state index in [0.29, 0.717) is 6.04 Å². The highest BCUT2D eigenvalue weighted by Gasteiger charge is 2.02. The highest BCUT2D eigenvalue weighted by Crippen LogP contribution is 2.14. The zero-order valence-electron chi connectivity index (χ0n) is 8.89. The molecule has 1 aromatic rings. The van der Waals surface area contributed by atoms with Crippen LogP contribution in [0.25, 0.3) is 0 Å². The SMILES string of the molecule is CCC(C)Nc1ccc(C)nc1C. The zero-order chi connectivity index (χ0) is 9.84. The average Bonchev–Trinajstić information content (AvgIpc) is 2.09. The van der Waals surface area contributed by atoms with Crippen molar-refractivity contribution >= 4 is 5.69 Å². The van der Waals surface area contributed by atoms with E-state index in [1.807, 2.05) is 19.9 Å². The lowest BCUT2D eigenvalue weighted by atomic mass is 10.2. The van der Waals surface area contributed by atoms with Gasteiger partial charge in [0, 0.05) is 11.7 Å². The quantitative estimate of drug-likeness (QED) is 0.769. The Morgan fingerprint density at radius 3 is 2.62 bits per heavy atom. The minimum Gasteiger partial charge on any atom is -0.381 e. The Morgan fingerprint density at radius 2 is 2.08 bits per heavy atom. The van der Waals surface area contributed by atoms with Gasteiger partial charge in [-0.3, -0.25) is 4.98 Å². The Bertz CT molecular complexity index is 281. The first-order valence-corrected chi connectivity index (χ1v) is 4.84. The lowest BCUT2D eigenvalue weighted by Crippen LogP contribution is -2.14. The summed E-state index contributed by atoms with van der Waals surface area (Å²) in [6.45, 7) is 8.41. The van der Waals surface area contributed by atoms with Crippen molar-refractivity contribution in [1.82, 2.24) is 4.98 Å². The molecule has 2 nitrogen and oxygen atoms in total. The first-order valence-electron chi connectivity index (χ1n) is 4.84. The van der Waals surface area contributed by atoms with Crippen molar-refractivity contribution in [3.05, 3.63) is 23.5 Å². The van der Waals surface area contributed by atoms with Gasteiger partial charge in [0.2, 0.25) is 0 Å². The summed E-state index contributed by atoms with van der Waals surface area (Å²) in [5, 5.41) is 3.42. The van der Waals surface area contributed by atoms with Gasteiger partial charge in [0.05, 0.1) is 11.4 Å². The number of anilines is 1. The minimum atomic E-state index is 0.517. The molecule has 0 aromatic carbocycles. The Kier molecular flexibility index (Phi) is 3.29. The molecule has 0 bridgehead atoms. The fourth-order valence-electron chi connectivity index (χ4n) is 1.21. The molecule has 0 radical (unpaired) electrons. The molecule has 13 heavy (non-hydrogen) atoms. The van der Waals surface area contributed by atoms with Crippen LogP contribution in [0.4, 0.5) is 5.69 Å². The number of nitrogens with one attached hydrogen (secondary N) is 1. The van der Waals surface area contributed by atoms with E-state index in [1.165, 1.54) is 0 Å². The second kappa shape index (κ2) is 4.26. The molecule has 0 aliphatic carbocycles. The van der Waals surface area contributed by atoms with Crippen LogP contribution < -0.4 is 5.32 Å². The second-order valence-electron chi connectivity index (χ2n) is 3.54. The Hall–Kier alpha value is -1.05. The number of hydrogen-bond donors (Lipinski definition) is 1. The largest absolute Gasteiger partial charge is 0.381 e. The van der Waals surface area contributed by atoms with Crippen molar-refractivity contribution in [1.29, 1.82) is 0 Å². The summed E-state index contributed by atoms with van der Waals surface area (Å²) >= 11 is 0. The van der Waals surface area contributed by atoms with Crippen LogP contribution in [0.1, 0.15) is 31.7 Å². The molecular formula is C11H18N2. The molecule has 0 aliphatic heterocycles. The minimum absolute atomic E-state index is 0.517. The van der Waals surface area contributed by atoms with E-state index in [9.17, 15) is 0 Å². The zero-order valence-corrected chi connectivity index (χ0v) is 8.89. The summed E-state index contributed by atoms with van der Waals surface area (Å²) in [5.74, 6) is 0. The molecular weight excluding hydrogens is 160 g/mol.